The van der Waals surface area contributed by atoms with Gasteiger partial charge in [0.25, 0.3) is 0 Å². The molecule has 6 nitrogen and oxygen atoms in total. The van der Waals surface area contributed by atoms with Gasteiger partial charge in [-0.3, -0.25) is 4.99 Å². The maximum absolute atomic E-state index is 5.81. The van der Waals surface area contributed by atoms with Crippen LogP contribution in [-0.2, 0) is 0 Å². The van der Waals surface area contributed by atoms with Crippen LogP contribution >= 0.6 is 0 Å². The minimum absolute atomic E-state index is 0.0245. The van der Waals surface area contributed by atoms with Crippen LogP contribution in [0.5, 0.6) is 0 Å². The molecule has 0 bridgehead atoms. The summed E-state index contributed by atoms with van der Waals surface area (Å²) in [4.78, 5) is 8.74. The van der Waals surface area contributed by atoms with Crippen molar-refractivity contribution < 1.29 is 4.52 Å². The first-order chi connectivity index (χ1) is 10.7. The Balaban J connectivity index is 1.92. The largest absolute Gasteiger partial charge is 0.370 e. The highest BCUT2D eigenvalue weighted by molar-refractivity contribution is 5.77. The maximum atomic E-state index is 5.81. The lowest BCUT2D eigenvalue weighted by Gasteiger charge is -2.06. The van der Waals surface area contributed by atoms with Gasteiger partial charge in [0.15, 0.2) is 5.96 Å². The molecule has 6 heteroatoms. The van der Waals surface area contributed by atoms with Crippen LogP contribution < -0.4 is 11.1 Å². The highest BCUT2D eigenvalue weighted by Gasteiger charge is 2.14. The van der Waals surface area contributed by atoms with Gasteiger partial charge in [-0.25, -0.2) is 0 Å². The summed E-state index contributed by atoms with van der Waals surface area (Å²) >= 11 is 0. The number of unbranched alkanes of at least 4 members (excludes halogenated alkanes) is 1. The van der Waals surface area contributed by atoms with Crippen LogP contribution in [0, 0.1) is 0 Å². The Morgan fingerprint density at radius 2 is 2.14 bits per heavy atom. The van der Waals surface area contributed by atoms with E-state index in [1.54, 1.807) is 0 Å². The molecule has 1 unspecified atom stereocenters. The number of nitrogens with zero attached hydrogens (tertiary/aromatic N) is 3. The number of nitrogens with two attached hydrogens (primary N) is 1. The molecule has 0 aliphatic rings. The highest BCUT2D eigenvalue weighted by Crippen LogP contribution is 2.19. The van der Waals surface area contributed by atoms with Crippen molar-refractivity contribution in [2.24, 2.45) is 10.7 Å². The van der Waals surface area contributed by atoms with Crippen LogP contribution in [0.1, 0.15) is 38.5 Å². The van der Waals surface area contributed by atoms with Crippen molar-refractivity contribution in [1.29, 1.82) is 0 Å². The summed E-state index contributed by atoms with van der Waals surface area (Å²) in [5, 5.41) is 7.10. The predicted molar refractivity (Wildman–Crippen MR) is 87.5 cm³/mol. The number of hydrogen-bond donors (Lipinski definition) is 2. The summed E-state index contributed by atoms with van der Waals surface area (Å²) in [7, 11) is 0. The number of hydrogen-bond acceptors (Lipinski definition) is 4. The van der Waals surface area contributed by atoms with E-state index < -0.39 is 0 Å². The summed E-state index contributed by atoms with van der Waals surface area (Å²) in [5.41, 5.74) is 6.75. The molecule has 22 heavy (non-hydrogen) atoms. The van der Waals surface area contributed by atoms with Gasteiger partial charge in [-0.05, 0) is 6.42 Å². The molecule has 0 spiro atoms. The predicted octanol–water partition coefficient (Wildman–Crippen LogP) is 2.54. The molecule has 0 aliphatic carbocycles. The molecule has 1 heterocycles. The zero-order valence-electron chi connectivity index (χ0n) is 13.1. The average molecular weight is 301 g/mol. The van der Waals surface area contributed by atoms with E-state index in [-0.39, 0.29) is 5.92 Å². The monoisotopic (exact) mass is 301 g/mol. The molecule has 0 saturated carbocycles. The van der Waals surface area contributed by atoms with E-state index in [9.17, 15) is 0 Å². The van der Waals surface area contributed by atoms with Crippen LogP contribution in [0.25, 0.3) is 11.4 Å². The normalized spacial score (nSPS) is 13.1. The van der Waals surface area contributed by atoms with Gasteiger partial charge in [-0.1, -0.05) is 55.8 Å². The first-order valence-corrected chi connectivity index (χ1v) is 7.63. The molecule has 1 aromatic carbocycles. The standard InChI is InChI=1S/C16H23N5O/c1-3-4-10-18-16(17)19-11-12(2)15-20-14(21-22-15)13-8-6-5-7-9-13/h5-9,12H,3-4,10-11H2,1-2H3,(H3,17,18,19). The van der Waals surface area contributed by atoms with Crippen molar-refractivity contribution in [3.63, 3.8) is 0 Å². The zero-order chi connectivity index (χ0) is 15.8. The minimum atomic E-state index is 0.0245. The van der Waals surface area contributed by atoms with E-state index >= 15 is 0 Å². The van der Waals surface area contributed by atoms with Crippen LogP contribution in [0.15, 0.2) is 39.8 Å². The third kappa shape index (κ3) is 4.58. The molecule has 0 aliphatic heterocycles. The smallest absolute Gasteiger partial charge is 0.231 e. The quantitative estimate of drug-likeness (QED) is 0.466. The van der Waals surface area contributed by atoms with Crippen molar-refractivity contribution in [3.8, 4) is 11.4 Å². The second-order valence-corrected chi connectivity index (χ2v) is 5.23. The average Bonchev–Trinajstić information content (AvgIpc) is 3.04. The molecular formula is C16H23N5O. The minimum Gasteiger partial charge on any atom is -0.370 e. The van der Waals surface area contributed by atoms with Gasteiger partial charge < -0.3 is 15.6 Å². The van der Waals surface area contributed by atoms with E-state index in [1.807, 2.05) is 37.3 Å². The van der Waals surface area contributed by atoms with E-state index in [0.29, 0.717) is 24.2 Å². The lowest BCUT2D eigenvalue weighted by Crippen LogP contribution is -2.32. The van der Waals surface area contributed by atoms with Crippen molar-refractivity contribution in [2.75, 3.05) is 13.1 Å². The molecule has 3 N–H and O–H groups in total. The van der Waals surface area contributed by atoms with E-state index in [2.05, 4.69) is 27.4 Å². The van der Waals surface area contributed by atoms with Gasteiger partial charge in [0, 0.05) is 12.1 Å². The van der Waals surface area contributed by atoms with Crippen LogP contribution in [0.4, 0.5) is 0 Å². The molecular weight excluding hydrogens is 278 g/mol. The molecule has 0 saturated heterocycles. The fourth-order valence-corrected chi connectivity index (χ4v) is 1.90. The maximum Gasteiger partial charge on any atom is 0.231 e. The molecule has 0 fully saturated rings. The number of benzene rings is 1. The molecule has 2 rings (SSSR count). The Morgan fingerprint density at radius 1 is 1.36 bits per heavy atom. The molecule has 2 aromatic rings. The summed E-state index contributed by atoms with van der Waals surface area (Å²) in [5.74, 6) is 1.66. The highest BCUT2D eigenvalue weighted by atomic mass is 16.5. The lowest BCUT2D eigenvalue weighted by molar-refractivity contribution is 0.361. The van der Waals surface area contributed by atoms with Crippen LogP contribution in [-0.4, -0.2) is 29.2 Å². The van der Waals surface area contributed by atoms with Crippen molar-refractivity contribution >= 4 is 5.96 Å². The molecule has 1 aromatic heterocycles. The Bertz CT molecular complexity index is 594. The Labute approximate surface area is 130 Å². The first kappa shape index (κ1) is 16.0. The van der Waals surface area contributed by atoms with E-state index in [0.717, 1.165) is 24.9 Å². The van der Waals surface area contributed by atoms with Crippen LogP contribution in [0.2, 0.25) is 0 Å². The fraction of sp³-hybridized carbons (Fsp3) is 0.438. The van der Waals surface area contributed by atoms with Gasteiger partial charge >= 0.3 is 0 Å². The number of nitrogens with one attached hydrogen (secondary N) is 1. The van der Waals surface area contributed by atoms with Gasteiger partial charge in [-0.2, -0.15) is 4.98 Å². The Kier molecular flexibility index (Phi) is 5.94. The summed E-state index contributed by atoms with van der Waals surface area (Å²) < 4.78 is 5.32. The number of guanidine groups is 1. The summed E-state index contributed by atoms with van der Waals surface area (Å²) in [6.45, 7) is 5.49. The third-order valence-electron chi connectivity index (χ3n) is 3.27. The molecule has 118 valence electrons. The zero-order valence-corrected chi connectivity index (χ0v) is 13.1. The van der Waals surface area contributed by atoms with Crippen molar-refractivity contribution in [1.82, 2.24) is 15.5 Å². The second kappa shape index (κ2) is 8.17. The van der Waals surface area contributed by atoms with Crippen LogP contribution in [0.3, 0.4) is 0 Å². The summed E-state index contributed by atoms with van der Waals surface area (Å²) in [6, 6.07) is 9.75. The fourth-order valence-electron chi connectivity index (χ4n) is 1.90. The first-order valence-electron chi connectivity index (χ1n) is 7.63. The topological polar surface area (TPSA) is 89.3 Å². The number of aliphatic imine (C=N–C) groups is 1. The van der Waals surface area contributed by atoms with Gasteiger partial charge in [0.1, 0.15) is 0 Å². The van der Waals surface area contributed by atoms with Gasteiger partial charge in [0.2, 0.25) is 11.7 Å². The van der Waals surface area contributed by atoms with E-state index in [4.69, 9.17) is 10.3 Å². The number of aromatic nitrogens is 2. The van der Waals surface area contributed by atoms with Crippen molar-refractivity contribution in [2.45, 2.75) is 32.6 Å². The van der Waals surface area contributed by atoms with Gasteiger partial charge in [0.05, 0.1) is 12.5 Å². The Hall–Kier alpha value is -2.37. The Morgan fingerprint density at radius 3 is 2.86 bits per heavy atom. The lowest BCUT2D eigenvalue weighted by atomic mass is 10.2. The van der Waals surface area contributed by atoms with E-state index in [1.165, 1.54) is 0 Å². The summed E-state index contributed by atoms with van der Waals surface area (Å²) in [6.07, 6.45) is 2.21. The number of rotatable bonds is 7. The van der Waals surface area contributed by atoms with Crippen molar-refractivity contribution in [3.05, 3.63) is 36.2 Å². The SMILES string of the molecule is CCCCNC(N)=NCC(C)c1nc(-c2ccccc2)no1. The molecule has 0 amide bonds. The molecule has 0 radical (unpaired) electrons. The van der Waals surface area contributed by atoms with Gasteiger partial charge in [-0.15, -0.1) is 0 Å². The second-order valence-electron chi connectivity index (χ2n) is 5.23. The third-order valence-corrected chi connectivity index (χ3v) is 3.27. The molecule has 1 atom stereocenters.